The molecule has 5 heteroatoms. The van der Waals surface area contributed by atoms with E-state index in [2.05, 4.69) is 72.8 Å². The molecule has 2 heterocycles. The van der Waals surface area contributed by atoms with Crippen LogP contribution in [0.4, 0.5) is 0 Å². The van der Waals surface area contributed by atoms with Gasteiger partial charge in [-0.3, -0.25) is 9.55 Å². The van der Waals surface area contributed by atoms with E-state index in [9.17, 15) is 5.11 Å². The fourth-order valence-electron chi connectivity index (χ4n) is 9.71. The molecule has 0 aliphatic rings. The predicted molar refractivity (Wildman–Crippen MR) is 294 cm³/mol. The third-order valence-electron chi connectivity index (χ3n) is 13.4. The summed E-state index contributed by atoms with van der Waals surface area (Å²) < 4.78 is 55.9. The number of aromatic hydroxyl groups is 1. The number of nitrogens with zero attached hydrogens (tertiary/aromatic N) is 3. The molecule has 8 aromatic carbocycles. The van der Waals surface area contributed by atoms with E-state index in [-0.39, 0.29) is 32.4 Å². The van der Waals surface area contributed by atoms with Crippen molar-refractivity contribution in [3.63, 3.8) is 0 Å². The van der Waals surface area contributed by atoms with Gasteiger partial charge in [0.2, 0.25) is 0 Å². The van der Waals surface area contributed by atoms with Gasteiger partial charge >= 0.3 is 0 Å². The number of rotatable bonds is 11. The van der Waals surface area contributed by atoms with Crippen LogP contribution in [0.15, 0.2) is 176 Å². The topological polar surface area (TPSA) is 50.9 Å². The third-order valence-corrected chi connectivity index (χ3v) is 13.4. The van der Waals surface area contributed by atoms with Gasteiger partial charge in [-0.05, 0) is 141 Å². The molecule has 10 aromatic rings. The molecule has 4 nitrogen and oxygen atoms in total. The molecular weight excluding hydrogens is 1050 g/mol. The predicted octanol–water partition coefficient (Wildman–Crippen LogP) is 17.9. The minimum Gasteiger partial charge on any atom is -0.507 e. The first-order chi connectivity index (χ1) is 35.9. The van der Waals surface area contributed by atoms with Crippen LogP contribution in [0.3, 0.4) is 0 Å². The van der Waals surface area contributed by atoms with Gasteiger partial charge in [0.25, 0.3) is 0 Å². The smallest absolute Gasteiger partial charge is 0.148 e. The summed E-state index contributed by atoms with van der Waals surface area (Å²) in [4.78, 5) is 10.3. The molecule has 0 aliphatic heterocycles. The summed E-state index contributed by atoms with van der Waals surface area (Å²) in [5.41, 5.74) is 16.3. The van der Waals surface area contributed by atoms with Gasteiger partial charge in [-0.25, -0.2) is 4.98 Å². The molecule has 10 rings (SSSR count). The van der Waals surface area contributed by atoms with Crippen LogP contribution in [0.2, 0.25) is 0 Å². The first kappa shape index (κ1) is 41.6. The maximum Gasteiger partial charge on any atom is 0.148 e. The fraction of sp³-hybridized carbons (Fsp3) is 0.182. The molecular formula is C66H60N3OPt-. The molecule has 0 fully saturated rings. The maximum absolute atomic E-state index is 11.9. The molecule has 2 aromatic heterocycles. The molecule has 0 unspecified atom stereocenters. The minimum absolute atomic E-state index is 0. The molecule has 0 bridgehead atoms. The molecule has 0 saturated heterocycles. The molecule has 356 valence electrons. The standard InChI is InChI=1S/C66H60N3O.Pt/c1-40(2)46-21-23-48(24-22-46)49-25-27-50(28-26-49)51-31-32-67-60(39-51)55-37-53(47-15-11-10-12-16-47)36-54(38-55)58-19-14-20-62-64(58)68-66(59-34-43(7)33-45(9)65(59)70)69(62)61-30-29-52(35-44(61)8)63-56(41(3)4)17-13-18-57(63)42(5)6;/h10-37,39-42,70H,1-9H3;/q-1;/i8D3,40D,41D,42D;. The molecule has 0 saturated carbocycles. The first-order valence-electron chi connectivity index (χ1n) is 26.9. The number of phenolic OH excluding ortho intramolecular Hbond substituents is 1. The number of benzene rings is 8. The monoisotopic (exact) mass is 1110 g/mol. The zero-order valence-electron chi connectivity index (χ0n) is 47.3. The van der Waals surface area contributed by atoms with E-state index in [1.165, 1.54) is 0 Å². The van der Waals surface area contributed by atoms with Crippen molar-refractivity contribution in [3.8, 4) is 89.7 Å². The first-order valence-corrected chi connectivity index (χ1v) is 23.9. The van der Waals surface area contributed by atoms with Gasteiger partial charge < -0.3 is 5.11 Å². The van der Waals surface area contributed by atoms with E-state index in [0.29, 0.717) is 55.9 Å². The second kappa shape index (κ2) is 20.3. The van der Waals surface area contributed by atoms with Crippen LogP contribution in [0.5, 0.6) is 5.75 Å². The zero-order chi connectivity index (χ0) is 54.1. The Bertz CT molecular complexity index is 3790. The van der Waals surface area contributed by atoms with Crippen molar-refractivity contribution in [1.82, 2.24) is 14.5 Å². The number of aromatic nitrogens is 3. The van der Waals surface area contributed by atoms with Crippen molar-refractivity contribution in [2.24, 2.45) is 0 Å². The van der Waals surface area contributed by atoms with Crippen molar-refractivity contribution in [1.29, 1.82) is 0 Å². The van der Waals surface area contributed by atoms with Crippen LogP contribution in [-0.4, -0.2) is 19.6 Å². The number of hydrogen-bond acceptors (Lipinski definition) is 3. The Morgan fingerprint density at radius 3 is 1.83 bits per heavy atom. The second-order valence-corrected chi connectivity index (χ2v) is 19.0. The average Bonchev–Trinajstić information content (AvgIpc) is 3.84. The quantitative estimate of drug-likeness (QED) is 0.131. The largest absolute Gasteiger partial charge is 0.507 e. The van der Waals surface area contributed by atoms with Crippen molar-refractivity contribution >= 4 is 11.0 Å². The third kappa shape index (κ3) is 9.59. The Labute approximate surface area is 442 Å². The Balaban J connectivity index is 0.00000722. The minimum atomic E-state index is -2.63. The zero-order valence-corrected chi connectivity index (χ0v) is 43.6. The average molecular weight is 1110 g/mol. The van der Waals surface area contributed by atoms with E-state index in [0.717, 1.165) is 66.9 Å². The van der Waals surface area contributed by atoms with Gasteiger partial charge in [0.15, 0.2) is 0 Å². The molecule has 0 spiro atoms. The van der Waals surface area contributed by atoms with E-state index in [4.69, 9.17) is 18.2 Å². The Kier molecular flexibility index (Phi) is 11.9. The molecule has 1 N–H and O–H groups in total. The van der Waals surface area contributed by atoms with Crippen LogP contribution in [-0.2, 0) is 21.1 Å². The number of fused-ring (bicyclic) bond motifs is 1. The van der Waals surface area contributed by atoms with Gasteiger partial charge in [0, 0.05) is 41.2 Å². The number of aryl methyl sites for hydroxylation is 3. The fourth-order valence-corrected chi connectivity index (χ4v) is 9.71. The van der Waals surface area contributed by atoms with Gasteiger partial charge in [-0.15, -0.1) is 23.8 Å². The number of pyridine rings is 1. The molecule has 0 aliphatic carbocycles. The summed E-state index contributed by atoms with van der Waals surface area (Å²) in [6.45, 7) is 12.2. The van der Waals surface area contributed by atoms with Gasteiger partial charge in [0.05, 0.1) is 22.3 Å². The Morgan fingerprint density at radius 2 is 1.17 bits per heavy atom. The Morgan fingerprint density at radius 1 is 0.549 bits per heavy atom. The summed E-state index contributed by atoms with van der Waals surface area (Å²) >= 11 is 0. The maximum atomic E-state index is 11.9. The summed E-state index contributed by atoms with van der Waals surface area (Å²) in [7, 11) is 0. The van der Waals surface area contributed by atoms with Crippen LogP contribution in [0.25, 0.3) is 95.0 Å². The van der Waals surface area contributed by atoms with Crippen molar-refractivity contribution in [3.05, 3.63) is 216 Å². The van der Waals surface area contributed by atoms with E-state index < -0.39 is 24.5 Å². The van der Waals surface area contributed by atoms with Crippen LogP contribution in [0.1, 0.15) is 101 Å². The second-order valence-electron chi connectivity index (χ2n) is 19.0. The van der Waals surface area contributed by atoms with E-state index >= 15 is 0 Å². The summed E-state index contributed by atoms with van der Waals surface area (Å²) in [5, 5.41) is 11.9. The molecule has 0 amide bonds. The van der Waals surface area contributed by atoms with Crippen LogP contribution < -0.4 is 0 Å². The summed E-state index contributed by atoms with van der Waals surface area (Å²) in [5.74, 6) is -2.39. The normalized spacial score (nSPS) is 13.4. The summed E-state index contributed by atoms with van der Waals surface area (Å²) in [6, 6.07) is 59.5. The Hall–Kier alpha value is -7.13. The molecule has 0 radical (unpaired) electrons. The van der Waals surface area contributed by atoms with Crippen molar-refractivity contribution in [2.45, 2.75) is 79.9 Å². The van der Waals surface area contributed by atoms with Gasteiger partial charge in [0.1, 0.15) is 11.6 Å². The van der Waals surface area contributed by atoms with Crippen LogP contribution in [0, 0.1) is 26.8 Å². The van der Waals surface area contributed by atoms with E-state index in [1.807, 2.05) is 129 Å². The number of para-hydroxylation sites is 1. The molecule has 71 heavy (non-hydrogen) atoms. The van der Waals surface area contributed by atoms with E-state index in [1.54, 1.807) is 39.8 Å². The SMILES string of the molecule is [2H]C([2H])([2H])c1cc(-c2c(C([2H])(C)C)cccc2C([2H])(C)C)ccc1-n1c(-c2cc(C)cc(C)c2O)nc2c(-c3[c-]c(-c4cc(-c5ccc(-c6ccc(C([2H])(C)C)cc6)cc5)ccn4)cc(-c4ccccc4)c3)cccc21.[Pt]. The van der Waals surface area contributed by atoms with Gasteiger partial charge in [-0.1, -0.05) is 186 Å². The number of phenols is 1. The molecule has 0 atom stereocenters. The number of hydrogen-bond donors (Lipinski definition) is 1. The summed E-state index contributed by atoms with van der Waals surface area (Å²) in [6.07, 6.45) is 1.82. The van der Waals surface area contributed by atoms with Crippen LogP contribution >= 0.6 is 0 Å². The van der Waals surface area contributed by atoms with Crippen molar-refractivity contribution < 1.29 is 34.4 Å². The van der Waals surface area contributed by atoms with Crippen molar-refractivity contribution in [2.75, 3.05) is 0 Å². The van der Waals surface area contributed by atoms with Gasteiger partial charge in [-0.2, -0.15) is 0 Å². The number of imidazole rings is 1.